The fourth-order valence-electron chi connectivity index (χ4n) is 1.73. The first-order chi connectivity index (χ1) is 10.4. The van der Waals surface area contributed by atoms with Crippen LogP contribution in [0, 0.1) is 11.3 Å². The van der Waals surface area contributed by atoms with E-state index in [1.165, 1.54) is 11.8 Å². The number of carbonyl (C=O) groups excluding carboxylic acids is 1. The van der Waals surface area contributed by atoms with Gasteiger partial charge in [-0.2, -0.15) is 5.26 Å². The summed E-state index contributed by atoms with van der Waals surface area (Å²) in [5.41, 5.74) is 2.18. The van der Waals surface area contributed by atoms with Crippen molar-refractivity contribution in [1.29, 1.82) is 5.26 Å². The van der Waals surface area contributed by atoms with Gasteiger partial charge in [-0.15, -0.1) is 11.6 Å². The Morgan fingerprint density at radius 2 is 1.95 bits per heavy atom. The monoisotopic (exact) mass is 319 g/mol. The van der Waals surface area contributed by atoms with Crippen molar-refractivity contribution in [3.63, 3.8) is 0 Å². The van der Waals surface area contributed by atoms with Crippen molar-refractivity contribution in [3.05, 3.63) is 41.6 Å². The van der Waals surface area contributed by atoms with Crippen molar-refractivity contribution in [3.8, 4) is 6.07 Å². The summed E-state index contributed by atoms with van der Waals surface area (Å²) in [4.78, 5) is 11.8. The van der Waals surface area contributed by atoms with Crippen LogP contribution in [0.3, 0.4) is 0 Å². The number of alkyl halides is 1. The molecule has 0 bridgehead atoms. The molecule has 5 heteroatoms. The summed E-state index contributed by atoms with van der Waals surface area (Å²) in [7, 11) is 0. The molecule has 0 spiro atoms. The summed E-state index contributed by atoms with van der Waals surface area (Å²) in [6.45, 7) is 6.90. The van der Waals surface area contributed by atoms with Crippen LogP contribution in [0.25, 0.3) is 0 Å². The first kappa shape index (κ1) is 18.1. The molecule has 1 rings (SSSR count). The van der Waals surface area contributed by atoms with Crippen LogP contribution in [0.2, 0.25) is 0 Å². The molecule has 4 nitrogen and oxygen atoms in total. The predicted octanol–water partition coefficient (Wildman–Crippen LogP) is 3.55. The molecule has 0 atom stereocenters. The zero-order valence-electron chi connectivity index (χ0n) is 13.2. The smallest absolute Gasteiger partial charge is 0.263 e. The van der Waals surface area contributed by atoms with E-state index in [0.717, 1.165) is 5.69 Å². The Kier molecular flexibility index (Phi) is 6.94. The molecule has 0 aliphatic carbocycles. The zero-order valence-corrected chi connectivity index (χ0v) is 14.0. The van der Waals surface area contributed by atoms with Gasteiger partial charge in [0.2, 0.25) is 0 Å². The maximum Gasteiger partial charge on any atom is 0.263 e. The van der Waals surface area contributed by atoms with Gasteiger partial charge in [-0.3, -0.25) is 4.79 Å². The van der Waals surface area contributed by atoms with Gasteiger partial charge in [0.15, 0.2) is 0 Å². The van der Waals surface area contributed by atoms with E-state index in [1.807, 2.05) is 30.3 Å². The van der Waals surface area contributed by atoms with Crippen LogP contribution in [-0.4, -0.2) is 18.3 Å². The standard InChI is InChI=1S/C17H22ClN3O/c1-17(2,3)14-5-7-15(8-6-14)21-12-13(11-19)16(22)20-10-4-9-18/h5-8,12,21H,4,9-10H2,1-3H3,(H,20,22)/b13-12-. The minimum Gasteiger partial charge on any atom is -0.360 e. The summed E-state index contributed by atoms with van der Waals surface area (Å²) in [5, 5.41) is 14.7. The topological polar surface area (TPSA) is 64.9 Å². The minimum absolute atomic E-state index is 0.0365. The normalized spacial score (nSPS) is 11.7. The number of rotatable bonds is 6. The van der Waals surface area contributed by atoms with E-state index in [2.05, 4.69) is 31.4 Å². The fourth-order valence-corrected chi connectivity index (χ4v) is 1.87. The van der Waals surface area contributed by atoms with Crippen molar-refractivity contribution in [2.75, 3.05) is 17.7 Å². The maximum atomic E-state index is 11.8. The van der Waals surface area contributed by atoms with Crippen LogP contribution in [0.5, 0.6) is 0 Å². The largest absolute Gasteiger partial charge is 0.360 e. The summed E-state index contributed by atoms with van der Waals surface area (Å²) in [6, 6.07) is 9.81. The molecule has 0 heterocycles. The summed E-state index contributed by atoms with van der Waals surface area (Å²) in [6.07, 6.45) is 2.09. The zero-order chi connectivity index (χ0) is 16.6. The van der Waals surface area contributed by atoms with Crippen molar-refractivity contribution in [2.45, 2.75) is 32.6 Å². The number of amides is 1. The van der Waals surface area contributed by atoms with Crippen LogP contribution < -0.4 is 10.6 Å². The van der Waals surface area contributed by atoms with Crippen molar-refractivity contribution in [1.82, 2.24) is 5.32 Å². The number of nitrogens with one attached hydrogen (secondary N) is 2. The lowest BCUT2D eigenvalue weighted by atomic mass is 9.87. The van der Waals surface area contributed by atoms with Gasteiger partial charge in [0, 0.05) is 24.3 Å². The number of halogens is 1. The van der Waals surface area contributed by atoms with Gasteiger partial charge in [-0.25, -0.2) is 0 Å². The highest BCUT2D eigenvalue weighted by Crippen LogP contribution is 2.23. The van der Waals surface area contributed by atoms with Crippen LogP contribution in [0.15, 0.2) is 36.0 Å². The first-order valence-electron chi connectivity index (χ1n) is 7.20. The summed E-state index contributed by atoms with van der Waals surface area (Å²) >= 11 is 5.54. The average molecular weight is 320 g/mol. The van der Waals surface area contributed by atoms with Crippen LogP contribution in [0.1, 0.15) is 32.8 Å². The van der Waals surface area contributed by atoms with Gasteiger partial charge < -0.3 is 10.6 Å². The summed E-state index contributed by atoms with van der Waals surface area (Å²) < 4.78 is 0. The molecular weight excluding hydrogens is 298 g/mol. The highest BCUT2D eigenvalue weighted by atomic mass is 35.5. The van der Waals surface area contributed by atoms with Crippen LogP contribution in [-0.2, 0) is 10.2 Å². The van der Waals surface area contributed by atoms with E-state index in [9.17, 15) is 4.79 Å². The van der Waals surface area contributed by atoms with Gasteiger partial charge >= 0.3 is 0 Å². The molecule has 0 fully saturated rings. The van der Waals surface area contributed by atoms with Crippen molar-refractivity contribution >= 4 is 23.2 Å². The Bertz CT molecular complexity index is 565. The third-order valence-corrected chi connectivity index (χ3v) is 3.36. The lowest BCUT2D eigenvalue weighted by molar-refractivity contribution is -0.117. The lowest BCUT2D eigenvalue weighted by Crippen LogP contribution is -2.26. The number of anilines is 1. The lowest BCUT2D eigenvalue weighted by Gasteiger charge is -2.19. The number of nitrogens with zero attached hydrogens (tertiary/aromatic N) is 1. The van der Waals surface area contributed by atoms with Crippen molar-refractivity contribution in [2.24, 2.45) is 0 Å². The molecule has 0 saturated carbocycles. The fraction of sp³-hybridized carbons (Fsp3) is 0.412. The van der Waals surface area contributed by atoms with E-state index in [-0.39, 0.29) is 11.0 Å². The van der Waals surface area contributed by atoms with Crippen molar-refractivity contribution < 1.29 is 4.79 Å². The van der Waals surface area contributed by atoms with Gasteiger partial charge in [0.05, 0.1) is 0 Å². The third-order valence-electron chi connectivity index (χ3n) is 3.10. The number of hydrogen-bond donors (Lipinski definition) is 2. The van der Waals surface area contributed by atoms with E-state index in [1.54, 1.807) is 0 Å². The molecule has 0 aromatic heterocycles. The minimum atomic E-state index is -0.397. The Hall–Kier alpha value is -1.99. The van der Waals surface area contributed by atoms with E-state index < -0.39 is 5.91 Å². The van der Waals surface area contributed by atoms with Gasteiger partial charge in [-0.1, -0.05) is 32.9 Å². The average Bonchev–Trinajstić information content (AvgIpc) is 2.47. The maximum absolute atomic E-state index is 11.8. The molecule has 0 saturated heterocycles. The summed E-state index contributed by atoms with van der Waals surface area (Å²) in [5.74, 6) is 0.0796. The quantitative estimate of drug-likeness (QED) is 0.365. The molecule has 1 amide bonds. The third kappa shape index (κ3) is 5.79. The highest BCUT2D eigenvalue weighted by Gasteiger charge is 2.12. The number of benzene rings is 1. The van der Waals surface area contributed by atoms with Gasteiger partial charge in [-0.05, 0) is 29.5 Å². The highest BCUT2D eigenvalue weighted by molar-refractivity contribution is 6.17. The molecule has 22 heavy (non-hydrogen) atoms. The molecule has 2 N–H and O–H groups in total. The molecule has 1 aromatic rings. The van der Waals surface area contributed by atoms with E-state index in [0.29, 0.717) is 18.8 Å². The SMILES string of the molecule is CC(C)(C)c1ccc(N/C=C(/C#N)C(=O)NCCCCl)cc1. The Balaban J connectivity index is 2.68. The first-order valence-corrected chi connectivity index (χ1v) is 7.73. The number of nitriles is 1. The van der Waals surface area contributed by atoms with Crippen LogP contribution >= 0.6 is 11.6 Å². The van der Waals surface area contributed by atoms with E-state index in [4.69, 9.17) is 16.9 Å². The van der Waals surface area contributed by atoms with Crippen LogP contribution in [0.4, 0.5) is 5.69 Å². The molecule has 0 unspecified atom stereocenters. The molecule has 1 aromatic carbocycles. The molecule has 118 valence electrons. The number of carbonyl (C=O) groups is 1. The second-order valence-electron chi connectivity index (χ2n) is 5.94. The molecule has 0 aliphatic rings. The van der Waals surface area contributed by atoms with E-state index >= 15 is 0 Å². The van der Waals surface area contributed by atoms with Gasteiger partial charge in [0.1, 0.15) is 11.6 Å². The number of hydrogen-bond acceptors (Lipinski definition) is 3. The molecule has 0 aliphatic heterocycles. The second-order valence-corrected chi connectivity index (χ2v) is 6.32. The van der Waals surface area contributed by atoms with Gasteiger partial charge in [0.25, 0.3) is 5.91 Å². The molecular formula is C17H22ClN3O. The second kappa shape index (κ2) is 8.45. The Labute approximate surface area is 137 Å². The predicted molar refractivity (Wildman–Crippen MR) is 90.8 cm³/mol. The Morgan fingerprint density at radius 1 is 1.32 bits per heavy atom. The molecule has 0 radical (unpaired) electrons. The Morgan fingerprint density at radius 3 is 2.45 bits per heavy atom.